The Kier molecular flexibility index (Phi) is 5.41. The number of carbonyl (C=O) groups is 2. The van der Waals surface area contributed by atoms with Gasteiger partial charge in [0.1, 0.15) is 0 Å². The second-order valence-corrected chi connectivity index (χ2v) is 5.31. The average Bonchev–Trinajstić information content (AvgIpc) is 2.52. The topological polar surface area (TPSA) is 58.2 Å². The molecule has 2 N–H and O–H groups in total. The second-order valence-electron chi connectivity index (χ2n) is 4.52. The summed E-state index contributed by atoms with van der Waals surface area (Å²) in [6, 6.07) is 12.1. The fourth-order valence-electron chi connectivity index (χ4n) is 1.91. The summed E-state index contributed by atoms with van der Waals surface area (Å²) in [7, 11) is 0. The summed E-state index contributed by atoms with van der Waals surface area (Å²) in [5.74, 6) is -1.58. The lowest BCUT2D eigenvalue weighted by atomic mass is 10.1. The number of aryl methyl sites for hydroxylation is 1. The third-order valence-electron chi connectivity index (χ3n) is 3.05. The molecule has 0 saturated heterocycles. The first-order valence-corrected chi connectivity index (χ1v) is 7.42. The molecule has 6 heteroatoms. The molecular formula is C16H14Cl2N2O2. The van der Waals surface area contributed by atoms with Crippen molar-refractivity contribution in [2.75, 3.05) is 10.6 Å². The van der Waals surface area contributed by atoms with Crippen molar-refractivity contribution in [1.82, 2.24) is 0 Å². The Morgan fingerprint density at radius 3 is 2.18 bits per heavy atom. The Hall–Kier alpha value is -2.04. The Labute approximate surface area is 138 Å². The molecule has 0 atom stereocenters. The van der Waals surface area contributed by atoms with Crippen LogP contribution < -0.4 is 10.6 Å². The van der Waals surface area contributed by atoms with Crippen molar-refractivity contribution < 1.29 is 9.59 Å². The van der Waals surface area contributed by atoms with Crippen LogP contribution in [0.1, 0.15) is 12.5 Å². The van der Waals surface area contributed by atoms with Gasteiger partial charge in [0, 0.05) is 5.69 Å². The van der Waals surface area contributed by atoms with Crippen molar-refractivity contribution in [2.24, 2.45) is 0 Å². The van der Waals surface area contributed by atoms with Crippen molar-refractivity contribution in [3.63, 3.8) is 0 Å². The molecule has 2 rings (SSSR count). The van der Waals surface area contributed by atoms with Gasteiger partial charge in [0.2, 0.25) is 0 Å². The molecule has 0 saturated carbocycles. The molecule has 0 aliphatic carbocycles. The number of hydrogen-bond donors (Lipinski definition) is 2. The summed E-state index contributed by atoms with van der Waals surface area (Å²) in [4.78, 5) is 23.9. The monoisotopic (exact) mass is 336 g/mol. The number of nitrogens with one attached hydrogen (secondary N) is 2. The van der Waals surface area contributed by atoms with Crippen LogP contribution in [0.5, 0.6) is 0 Å². The molecule has 0 fully saturated rings. The number of anilines is 2. The Morgan fingerprint density at radius 2 is 1.50 bits per heavy atom. The van der Waals surface area contributed by atoms with Crippen molar-refractivity contribution in [3.8, 4) is 0 Å². The van der Waals surface area contributed by atoms with Crippen molar-refractivity contribution in [3.05, 3.63) is 58.1 Å². The van der Waals surface area contributed by atoms with Crippen molar-refractivity contribution >= 4 is 46.4 Å². The Bertz CT molecular complexity index is 717. The van der Waals surface area contributed by atoms with Crippen LogP contribution in [0.25, 0.3) is 0 Å². The van der Waals surface area contributed by atoms with Crippen LogP contribution in [0.15, 0.2) is 42.5 Å². The lowest BCUT2D eigenvalue weighted by Crippen LogP contribution is -2.29. The summed E-state index contributed by atoms with van der Waals surface area (Å²) >= 11 is 11.8. The molecular weight excluding hydrogens is 323 g/mol. The zero-order valence-electron chi connectivity index (χ0n) is 11.8. The highest BCUT2D eigenvalue weighted by Crippen LogP contribution is 2.29. The van der Waals surface area contributed by atoms with Gasteiger partial charge in [-0.15, -0.1) is 0 Å². The Morgan fingerprint density at radius 1 is 0.909 bits per heavy atom. The van der Waals surface area contributed by atoms with Gasteiger partial charge in [-0.2, -0.15) is 0 Å². The maximum Gasteiger partial charge on any atom is 0.314 e. The minimum Gasteiger partial charge on any atom is -0.318 e. The number of benzene rings is 2. The number of hydrogen-bond acceptors (Lipinski definition) is 2. The number of carbonyl (C=O) groups excluding carboxylic acids is 2. The summed E-state index contributed by atoms with van der Waals surface area (Å²) in [5, 5.41) is 5.53. The van der Waals surface area contributed by atoms with E-state index < -0.39 is 11.8 Å². The smallest absolute Gasteiger partial charge is 0.314 e. The first kappa shape index (κ1) is 16.3. The van der Waals surface area contributed by atoms with Gasteiger partial charge in [-0.3, -0.25) is 9.59 Å². The highest BCUT2D eigenvalue weighted by Gasteiger charge is 2.17. The summed E-state index contributed by atoms with van der Waals surface area (Å²) < 4.78 is 0. The molecule has 2 amide bonds. The summed E-state index contributed by atoms with van der Waals surface area (Å²) in [6.45, 7) is 1.97. The maximum atomic E-state index is 12.0. The van der Waals surface area contributed by atoms with Crippen LogP contribution in [-0.2, 0) is 16.0 Å². The number of para-hydroxylation sites is 1. The van der Waals surface area contributed by atoms with E-state index in [0.29, 0.717) is 10.7 Å². The van der Waals surface area contributed by atoms with E-state index in [-0.39, 0.29) is 10.7 Å². The van der Waals surface area contributed by atoms with E-state index in [0.717, 1.165) is 12.0 Å². The van der Waals surface area contributed by atoms with E-state index in [1.807, 2.05) is 19.1 Å². The molecule has 22 heavy (non-hydrogen) atoms. The van der Waals surface area contributed by atoms with Gasteiger partial charge in [0.25, 0.3) is 0 Å². The molecule has 0 aromatic heterocycles. The molecule has 0 heterocycles. The number of halogens is 2. The van der Waals surface area contributed by atoms with Crippen LogP contribution in [0, 0.1) is 0 Å². The van der Waals surface area contributed by atoms with Crippen LogP contribution in [0.4, 0.5) is 11.4 Å². The summed E-state index contributed by atoms with van der Waals surface area (Å²) in [5.41, 5.74) is 1.85. The van der Waals surface area contributed by atoms with Gasteiger partial charge in [0.15, 0.2) is 0 Å². The van der Waals surface area contributed by atoms with E-state index >= 15 is 0 Å². The molecule has 4 nitrogen and oxygen atoms in total. The van der Waals surface area contributed by atoms with Gasteiger partial charge >= 0.3 is 11.8 Å². The van der Waals surface area contributed by atoms with Gasteiger partial charge in [0.05, 0.1) is 15.7 Å². The molecule has 2 aromatic carbocycles. The minimum atomic E-state index is -0.810. The maximum absolute atomic E-state index is 12.0. The van der Waals surface area contributed by atoms with E-state index in [1.165, 1.54) is 0 Å². The molecule has 0 aliphatic rings. The van der Waals surface area contributed by atoms with Crippen molar-refractivity contribution in [1.29, 1.82) is 0 Å². The average molecular weight is 337 g/mol. The predicted octanol–water partition coefficient (Wildman–Crippen LogP) is 4.13. The molecule has 0 spiro atoms. The molecule has 0 aliphatic heterocycles. The predicted molar refractivity (Wildman–Crippen MR) is 89.5 cm³/mol. The van der Waals surface area contributed by atoms with E-state index in [2.05, 4.69) is 10.6 Å². The first-order valence-electron chi connectivity index (χ1n) is 6.67. The normalized spacial score (nSPS) is 10.1. The fraction of sp³-hybridized carbons (Fsp3) is 0.125. The quantitative estimate of drug-likeness (QED) is 0.828. The minimum absolute atomic E-state index is 0.194. The van der Waals surface area contributed by atoms with Crippen LogP contribution >= 0.6 is 23.2 Å². The van der Waals surface area contributed by atoms with Crippen molar-refractivity contribution in [2.45, 2.75) is 13.3 Å². The van der Waals surface area contributed by atoms with Gasteiger partial charge in [-0.05, 0) is 30.2 Å². The Balaban J connectivity index is 2.10. The zero-order chi connectivity index (χ0) is 16.1. The molecule has 0 radical (unpaired) electrons. The van der Waals surface area contributed by atoms with E-state index in [4.69, 9.17) is 23.2 Å². The number of amides is 2. The van der Waals surface area contributed by atoms with E-state index in [9.17, 15) is 9.59 Å². The fourth-order valence-corrected chi connectivity index (χ4v) is 2.26. The van der Waals surface area contributed by atoms with Gasteiger partial charge in [-0.1, -0.05) is 54.4 Å². The molecule has 2 aromatic rings. The van der Waals surface area contributed by atoms with Crippen LogP contribution in [0.3, 0.4) is 0 Å². The summed E-state index contributed by atoms with van der Waals surface area (Å²) in [6.07, 6.45) is 0.748. The number of rotatable bonds is 3. The van der Waals surface area contributed by atoms with Crippen LogP contribution in [-0.4, -0.2) is 11.8 Å². The lowest BCUT2D eigenvalue weighted by Gasteiger charge is -2.10. The SMILES string of the molecule is CCc1ccccc1NC(=O)C(=O)Nc1cccc(Cl)c1Cl. The standard InChI is InChI=1S/C16H14Cl2N2O2/c1-2-10-6-3-4-8-12(10)19-15(21)16(22)20-13-9-5-7-11(17)14(13)18/h3-9H,2H2,1H3,(H,19,21)(H,20,22). The lowest BCUT2D eigenvalue weighted by molar-refractivity contribution is -0.133. The molecule has 0 unspecified atom stereocenters. The third-order valence-corrected chi connectivity index (χ3v) is 3.87. The highest BCUT2D eigenvalue weighted by molar-refractivity contribution is 6.47. The van der Waals surface area contributed by atoms with Crippen LogP contribution in [0.2, 0.25) is 10.0 Å². The second kappa shape index (κ2) is 7.29. The first-order chi connectivity index (χ1) is 10.5. The zero-order valence-corrected chi connectivity index (χ0v) is 13.3. The third kappa shape index (κ3) is 3.78. The largest absolute Gasteiger partial charge is 0.318 e. The van der Waals surface area contributed by atoms with E-state index in [1.54, 1.807) is 30.3 Å². The van der Waals surface area contributed by atoms with Gasteiger partial charge < -0.3 is 10.6 Å². The highest BCUT2D eigenvalue weighted by atomic mass is 35.5. The van der Waals surface area contributed by atoms with Gasteiger partial charge in [-0.25, -0.2) is 0 Å². The molecule has 0 bridgehead atoms. The molecule has 114 valence electrons.